The fourth-order valence-corrected chi connectivity index (χ4v) is 3.00. The molecule has 4 heteroatoms. The van der Waals surface area contributed by atoms with Gasteiger partial charge in [0, 0.05) is 5.56 Å². The fraction of sp³-hybridized carbons (Fsp3) is 0.0833. The molecule has 0 spiro atoms. The number of esters is 1. The summed E-state index contributed by atoms with van der Waals surface area (Å²) in [5, 5.41) is 0.373. The minimum absolute atomic E-state index is 0.103. The van der Waals surface area contributed by atoms with Crippen LogP contribution < -0.4 is 10.2 Å². The van der Waals surface area contributed by atoms with Crippen molar-refractivity contribution in [2.24, 2.45) is 0 Å². The van der Waals surface area contributed by atoms with Crippen LogP contribution in [0.1, 0.15) is 21.5 Å². The van der Waals surface area contributed by atoms with Crippen LogP contribution in [0.5, 0.6) is 5.75 Å². The Balaban J connectivity index is 1.92. The zero-order chi connectivity index (χ0) is 19.7. The monoisotopic (exact) mass is 370 g/mol. The summed E-state index contributed by atoms with van der Waals surface area (Å²) < 4.78 is 11.6. The van der Waals surface area contributed by atoms with Crippen molar-refractivity contribution in [3.05, 3.63) is 99.7 Å². The smallest absolute Gasteiger partial charge is 0.343 e. The summed E-state index contributed by atoms with van der Waals surface area (Å²) in [4.78, 5) is 25.7. The second-order valence-electron chi connectivity index (χ2n) is 6.71. The van der Waals surface area contributed by atoms with Crippen LogP contribution in [0.3, 0.4) is 0 Å². The van der Waals surface area contributed by atoms with Gasteiger partial charge in [0.05, 0.1) is 10.9 Å². The Kier molecular flexibility index (Phi) is 4.53. The van der Waals surface area contributed by atoms with Gasteiger partial charge in [0.1, 0.15) is 5.58 Å². The maximum Gasteiger partial charge on any atom is 0.343 e. The van der Waals surface area contributed by atoms with Gasteiger partial charge in [-0.1, -0.05) is 54.1 Å². The van der Waals surface area contributed by atoms with Crippen molar-refractivity contribution in [1.29, 1.82) is 0 Å². The van der Waals surface area contributed by atoms with Crippen LogP contribution in [0.15, 0.2) is 82.0 Å². The number of aryl methyl sites for hydroxylation is 2. The third-order valence-electron chi connectivity index (χ3n) is 4.52. The van der Waals surface area contributed by atoms with E-state index in [0.717, 1.165) is 11.1 Å². The molecule has 0 atom stereocenters. The van der Waals surface area contributed by atoms with Crippen molar-refractivity contribution < 1.29 is 13.9 Å². The van der Waals surface area contributed by atoms with Gasteiger partial charge in [0.25, 0.3) is 0 Å². The molecular weight excluding hydrogens is 352 g/mol. The third-order valence-corrected chi connectivity index (χ3v) is 4.52. The van der Waals surface area contributed by atoms with Gasteiger partial charge in [-0.2, -0.15) is 0 Å². The highest BCUT2D eigenvalue weighted by Crippen LogP contribution is 2.32. The van der Waals surface area contributed by atoms with Gasteiger partial charge in [0.2, 0.25) is 11.2 Å². The van der Waals surface area contributed by atoms with E-state index in [1.807, 2.05) is 44.2 Å². The van der Waals surface area contributed by atoms with Crippen LogP contribution in [0.4, 0.5) is 0 Å². The van der Waals surface area contributed by atoms with Gasteiger partial charge in [-0.3, -0.25) is 4.79 Å². The molecule has 0 aliphatic carbocycles. The van der Waals surface area contributed by atoms with Crippen LogP contribution in [-0.2, 0) is 0 Å². The number of rotatable bonds is 3. The molecule has 0 aliphatic rings. The molecule has 0 unspecified atom stereocenters. The molecule has 3 aromatic carbocycles. The van der Waals surface area contributed by atoms with Gasteiger partial charge in [-0.05, 0) is 43.7 Å². The normalized spacial score (nSPS) is 10.8. The Morgan fingerprint density at radius 1 is 0.857 bits per heavy atom. The number of hydrogen-bond donors (Lipinski definition) is 0. The molecule has 4 rings (SSSR count). The largest absolute Gasteiger partial charge is 0.452 e. The summed E-state index contributed by atoms with van der Waals surface area (Å²) in [5.74, 6) is -0.464. The van der Waals surface area contributed by atoms with Crippen LogP contribution in [0.25, 0.3) is 22.3 Å². The lowest BCUT2D eigenvalue weighted by molar-refractivity contribution is 0.0731. The molecule has 0 N–H and O–H groups in total. The first-order chi connectivity index (χ1) is 13.5. The molecule has 0 radical (unpaired) electrons. The van der Waals surface area contributed by atoms with Crippen molar-refractivity contribution in [3.63, 3.8) is 0 Å². The standard InChI is InChI=1S/C24H18O4/c1-15-8-11-17(12-9-15)22-23(28-24(26)18-6-4-3-5-7-18)21(25)19-13-10-16(2)14-20(19)27-22/h3-14H,1-2H3. The first-order valence-electron chi connectivity index (χ1n) is 8.94. The van der Waals surface area contributed by atoms with Crippen molar-refractivity contribution in [2.45, 2.75) is 13.8 Å². The average Bonchev–Trinajstić information content (AvgIpc) is 2.71. The Morgan fingerprint density at radius 2 is 1.54 bits per heavy atom. The lowest BCUT2D eigenvalue weighted by Crippen LogP contribution is -2.16. The highest BCUT2D eigenvalue weighted by Gasteiger charge is 2.21. The minimum atomic E-state index is -0.604. The molecule has 0 saturated carbocycles. The molecule has 28 heavy (non-hydrogen) atoms. The van der Waals surface area contributed by atoms with E-state index in [4.69, 9.17) is 9.15 Å². The first kappa shape index (κ1) is 17.7. The van der Waals surface area contributed by atoms with Crippen LogP contribution >= 0.6 is 0 Å². The maximum absolute atomic E-state index is 13.1. The molecule has 1 heterocycles. The number of hydrogen-bond acceptors (Lipinski definition) is 4. The van der Waals surface area contributed by atoms with E-state index in [1.165, 1.54) is 0 Å². The van der Waals surface area contributed by atoms with Gasteiger partial charge < -0.3 is 9.15 Å². The topological polar surface area (TPSA) is 56.5 Å². The van der Waals surface area contributed by atoms with E-state index in [-0.39, 0.29) is 16.9 Å². The molecule has 1 aromatic heterocycles. The van der Waals surface area contributed by atoms with Crippen LogP contribution in [0, 0.1) is 13.8 Å². The van der Waals surface area contributed by atoms with E-state index in [0.29, 0.717) is 22.1 Å². The van der Waals surface area contributed by atoms with Crippen LogP contribution in [-0.4, -0.2) is 5.97 Å². The van der Waals surface area contributed by atoms with Crippen molar-refractivity contribution in [3.8, 4) is 17.1 Å². The van der Waals surface area contributed by atoms with E-state index in [2.05, 4.69) is 0 Å². The minimum Gasteiger partial charge on any atom is -0.452 e. The van der Waals surface area contributed by atoms with Gasteiger partial charge in [-0.15, -0.1) is 0 Å². The van der Waals surface area contributed by atoms with Crippen molar-refractivity contribution in [1.82, 2.24) is 0 Å². The molecular formula is C24H18O4. The second kappa shape index (κ2) is 7.16. The third kappa shape index (κ3) is 3.32. The fourth-order valence-electron chi connectivity index (χ4n) is 3.00. The molecule has 0 saturated heterocycles. The predicted octanol–water partition coefficient (Wildman–Crippen LogP) is 5.30. The first-order valence-corrected chi connectivity index (χ1v) is 8.94. The quantitative estimate of drug-likeness (QED) is 0.460. The second-order valence-corrected chi connectivity index (χ2v) is 6.71. The summed E-state index contributed by atoms with van der Waals surface area (Å²) in [7, 11) is 0. The Bertz CT molecular complexity index is 1220. The Labute approximate surface area is 162 Å². The summed E-state index contributed by atoms with van der Waals surface area (Å²) in [5.41, 5.74) is 3.16. The Hall–Kier alpha value is -3.66. The van der Waals surface area contributed by atoms with Gasteiger partial charge in [0.15, 0.2) is 5.76 Å². The van der Waals surface area contributed by atoms with Gasteiger partial charge in [-0.25, -0.2) is 4.79 Å². The number of benzene rings is 3. The molecule has 0 bridgehead atoms. The summed E-state index contributed by atoms with van der Waals surface area (Å²) in [6, 6.07) is 21.4. The molecule has 4 nitrogen and oxygen atoms in total. The average molecular weight is 370 g/mol. The highest BCUT2D eigenvalue weighted by atomic mass is 16.5. The molecule has 4 aromatic rings. The summed E-state index contributed by atoms with van der Waals surface area (Å²) in [6.45, 7) is 3.90. The maximum atomic E-state index is 13.1. The summed E-state index contributed by atoms with van der Waals surface area (Å²) >= 11 is 0. The van der Waals surface area contributed by atoms with E-state index in [1.54, 1.807) is 42.5 Å². The predicted molar refractivity (Wildman–Crippen MR) is 109 cm³/mol. The zero-order valence-corrected chi connectivity index (χ0v) is 15.6. The van der Waals surface area contributed by atoms with Gasteiger partial charge >= 0.3 is 5.97 Å². The number of fused-ring (bicyclic) bond motifs is 1. The number of ether oxygens (including phenoxy) is 1. The number of carbonyl (C=O) groups is 1. The SMILES string of the molecule is Cc1ccc(-c2oc3cc(C)ccc3c(=O)c2OC(=O)c2ccccc2)cc1. The lowest BCUT2D eigenvalue weighted by atomic mass is 10.1. The van der Waals surface area contributed by atoms with Crippen molar-refractivity contribution >= 4 is 16.9 Å². The molecule has 0 fully saturated rings. The Morgan fingerprint density at radius 3 is 2.25 bits per heavy atom. The van der Waals surface area contributed by atoms with E-state index >= 15 is 0 Å². The lowest BCUT2D eigenvalue weighted by Gasteiger charge is -2.11. The summed E-state index contributed by atoms with van der Waals surface area (Å²) in [6.07, 6.45) is 0. The zero-order valence-electron chi connectivity index (χ0n) is 15.6. The van der Waals surface area contributed by atoms with E-state index in [9.17, 15) is 9.59 Å². The molecule has 0 amide bonds. The highest BCUT2D eigenvalue weighted by molar-refractivity contribution is 5.93. The van der Waals surface area contributed by atoms with Crippen LogP contribution in [0.2, 0.25) is 0 Å². The molecule has 0 aliphatic heterocycles. The van der Waals surface area contributed by atoms with E-state index < -0.39 is 5.97 Å². The number of carbonyl (C=O) groups excluding carboxylic acids is 1. The molecule has 138 valence electrons. The van der Waals surface area contributed by atoms with Crippen molar-refractivity contribution in [2.75, 3.05) is 0 Å².